The van der Waals surface area contributed by atoms with Gasteiger partial charge in [-0.15, -0.1) is 0 Å². The van der Waals surface area contributed by atoms with E-state index in [4.69, 9.17) is 21.1 Å². The highest BCUT2D eigenvalue weighted by atomic mass is 35.5. The first-order valence-corrected chi connectivity index (χ1v) is 8.49. The minimum Gasteiger partial charge on any atom is -0.504 e. The number of nitrogens with one attached hydrogen (secondary N) is 1. The molecule has 3 rings (SSSR count). The summed E-state index contributed by atoms with van der Waals surface area (Å²) in [5.41, 5.74) is 0.462. The molecule has 0 aliphatic carbocycles. The molecule has 1 aliphatic heterocycles. The van der Waals surface area contributed by atoms with E-state index in [0.29, 0.717) is 22.2 Å². The van der Waals surface area contributed by atoms with Crippen LogP contribution in [0.15, 0.2) is 30.5 Å². The third kappa shape index (κ3) is 3.75. The molecule has 142 valence electrons. The van der Waals surface area contributed by atoms with Gasteiger partial charge in [0.2, 0.25) is 11.8 Å². The number of hydrogen-bond donors (Lipinski definition) is 2. The van der Waals surface area contributed by atoms with Crippen LogP contribution >= 0.6 is 11.6 Å². The molecular formula is C18H18ClN3O5. The van der Waals surface area contributed by atoms with Gasteiger partial charge in [-0.25, -0.2) is 4.98 Å². The molecule has 2 aromatic rings. The molecule has 2 heterocycles. The Morgan fingerprint density at radius 2 is 2.07 bits per heavy atom. The maximum atomic E-state index is 12.5. The lowest BCUT2D eigenvalue weighted by molar-refractivity contribution is -0.122. The maximum absolute atomic E-state index is 12.5. The van der Waals surface area contributed by atoms with E-state index in [1.165, 1.54) is 31.4 Å². The number of anilines is 2. The van der Waals surface area contributed by atoms with Crippen molar-refractivity contribution >= 4 is 34.9 Å². The van der Waals surface area contributed by atoms with Crippen molar-refractivity contribution in [2.24, 2.45) is 5.92 Å². The van der Waals surface area contributed by atoms with E-state index >= 15 is 0 Å². The van der Waals surface area contributed by atoms with E-state index in [0.717, 1.165) is 0 Å². The average molecular weight is 392 g/mol. The van der Waals surface area contributed by atoms with Crippen molar-refractivity contribution < 1.29 is 24.2 Å². The zero-order valence-electron chi connectivity index (χ0n) is 14.7. The predicted molar refractivity (Wildman–Crippen MR) is 99.5 cm³/mol. The Hall–Kier alpha value is -3.00. The molecule has 1 aromatic carbocycles. The molecule has 2 amide bonds. The van der Waals surface area contributed by atoms with Gasteiger partial charge in [-0.3, -0.25) is 9.59 Å². The Labute approximate surface area is 160 Å². The molecule has 1 fully saturated rings. The van der Waals surface area contributed by atoms with Crippen molar-refractivity contribution in [3.8, 4) is 17.2 Å². The number of rotatable bonds is 5. The number of nitrogens with zero attached hydrogens (tertiary/aromatic N) is 2. The third-order valence-corrected chi connectivity index (χ3v) is 4.56. The monoisotopic (exact) mass is 391 g/mol. The van der Waals surface area contributed by atoms with Gasteiger partial charge in [0.25, 0.3) is 0 Å². The standard InChI is InChI=1S/C18H18ClN3O5/c1-26-14-8-15(27-2)12(7-11(14)19)22-9-10(6-16(22)24)18(25)21-17-13(23)4-3-5-20-17/h3-5,7-8,10,23H,6,9H2,1-2H3,(H,20,21,25)/t10-/m0/s1. The molecule has 9 heteroatoms. The number of carbonyl (C=O) groups excluding carboxylic acids is 2. The SMILES string of the molecule is COc1cc(OC)c(N2C[C@@H](C(=O)Nc3ncccc3O)CC2=O)cc1Cl. The second kappa shape index (κ2) is 7.71. The van der Waals surface area contributed by atoms with Gasteiger partial charge in [0.15, 0.2) is 11.6 Å². The van der Waals surface area contributed by atoms with E-state index < -0.39 is 11.8 Å². The molecule has 1 saturated heterocycles. The van der Waals surface area contributed by atoms with Gasteiger partial charge in [-0.05, 0) is 18.2 Å². The van der Waals surface area contributed by atoms with Crippen molar-refractivity contribution in [1.29, 1.82) is 0 Å². The fourth-order valence-electron chi connectivity index (χ4n) is 2.88. The molecule has 27 heavy (non-hydrogen) atoms. The number of aromatic hydroxyl groups is 1. The smallest absolute Gasteiger partial charge is 0.231 e. The van der Waals surface area contributed by atoms with Crippen molar-refractivity contribution in [2.45, 2.75) is 6.42 Å². The minimum atomic E-state index is -0.607. The van der Waals surface area contributed by atoms with Crippen LogP contribution in [0, 0.1) is 5.92 Å². The van der Waals surface area contributed by atoms with E-state index in [9.17, 15) is 14.7 Å². The predicted octanol–water partition coefficient (Wildman–Crippen LogP) is 2.45. The zero-order chi connectivity index (χ0) is 19.6. The van der Waals surface area contributed by atoms with Gasteiger partial charge in [-0.1, -0.05) is 11.6 Å². The highest BCUT2D eigenvalue weighted by Crippen LogP contribution is 2.40. The Morgan fingerprint density at radius 3 is 2.74 bits per heavy atom. The number of ether oxygens (including phenoxy) is 2. The highest BCUT2D eigenvalue weighted by Gasteiger charge is 2.37. The van der Waals surface area contributed by atoms with E-state index in [1.54, 1.807) is 18.2 Å². The molecule has 0 spiro atoms. The first kappa shape index (κ1) is 18.8. The van der Waals surface area contributed by atoms with Crippen LogP contribution in [0.5, 0.6) is 17.2 Å². The summed E-state index contributed by atoms with van der Waals surface area (Å²) < 4.78 is 10.5. The lowest BCUT2D eigenvalue weighted by Gasteiger charge is -2.21. The summed E-state index contributed by atoms with van der Waals surface area (Å²) in [5.74, 6) is -0.506. The molecular weight excluding hydrogens is 374 g/mol. The average Bonchev–Trinajstić information content (AvgIpc) is 3.05. The highest BCUT2D eigenvalue weighted by molar-refractivity contribution is 6.32. The molecule has 1 aromatic heterocycles. The van der Waals surface area contributed by atoms with Crippen LogP contribution in [0.4, 0.5) is 11.5 Å². The van der Waals surface area contributed by atoms with Crippen LogP contribution in [0.2, 0.25) is 5.02 Å². The van der Waals surface area contributed by atoms with E-state index in [2.05, 4.69) is 10.3 Å². The molecule has 0 unspecified atom stereocenters. The Balaban J connectivity index is 1.80. The lowest BCUT2D eigenvalue weighted by atomic mass is 10.1. The molecule has 0 radical (unpaired) electrons. The van der Waals surface area contributed by atoms with Crippen molar-refractivity contribution in [3.63, 3.8) is 0 Å². The number of aromatic nitrogens is 1. The van der Waals surface area contributed by atoms with Gasteiger partial charge < -0.3 is 24.8 Å². The van der Waals surface area contributed by atoms with Gasteiger partial charge in [0.1, 0.15) is 11.5 Å². The lowest BCUT2D eigenvalue weighted by Crippen LogP contribution is -2.28. The van der Waals surface area contributed by atoms with E-state index in [-0.39, 0.29) is 30.4 Å². The van der Waals surface area contributed by atoms with Crippen LogP contribution in [-0.4, -0.2) is 42.7 Å². The molecule has 1 aliphatic rings. The second-order valence-electron chi connectivity index (χ2n) is 5.92. The van der Waals surface area contributed by atoms with Gasteiger partial charge in [-0.2, -0.15) is 0 Å². The first-order valence-electron chi connectivity index (χ1n) is 8.11. The van der Waals surface area contributed by atoms with E-state index in [1.807, 2.05) is 0 Å². The van der Waals surface area contributed by atoms with Crippen molar-refractivity contribution in [2.75, 3.05) is 31.0 Å². The third-order valence-electron chi connectivity index (χ3n) is 4.27. The summed E-state index contributed by atoms with van der Waals surface area (Å²) in [4.78, 5) is 30.3. The zero-order valence-corrected chi connectivity index (χ0v) is 15.5. The number of methoxy groups -OCH3 is 2. The number of carbonyl (C=O) groups is 2. The molecule has 8 nitrogen and oxygen atoms in total. The number of hydrogen-bond acceptors (Lipinski definition) is 6. The maximum Gasteiger partial charge on any atom is 0.231 e. The quantitative estimate of drug-likeness (QED) is 0.811. The van der Waals surface area contributed by atoms with Gasteiger partial charge >= 0.3 is 0 Å². The van der Waals surface area contributed by atoms with Crippen LogP contribution in [0.1, 0.15) is 6.42 Å². The van der Waals surface area contributed by atoms with Crippen LogP contribution in [-0.2, 0) is 9.59 Å². The number of amides is 2. The van der Waals surface area contributed by atoms with Gasteiger partial charge in [0.05, 0.1) is 30.8 Å². The number of halogens is 1. The van der Waals surface area contributed by atoms with Crippen molar-refractivity contribution in [3.05, 3.63) is 35.5 Å². The fraction of sp³-hybridized carbons (Fsp3) is 0.278. The number of benzene rings is 1. The van der Waals surface area contributed by atoms with Crippen LogP contribution in [0.3, 0.4) is 0 Å². The van der Waals surface area contributed by atoms with Gasteiger partial charge in [0, 0.05) is 25.2 Å². The topological polar surface area (TPSA) is 101 Å². The Bertz CT molecular complexity index is 889. The largest absolute Gasteiger partial charge is 0.504 e. The molecule has 2 N–H and O–H groups in total. The molecule has 0 bridgehead atoms. The normalized spacial score (nSPS) is 16.3. The van der Waals surface area contributed by atoms with Crippen LogP contribution < -0.4 is 19.7 Å². The second-order valence-corrected chi connectivity index (χ2v) is 6.33. The fourth-order valence-corrected chi connectivity index (χ4v) is 3.12. The summed E-state index contributed by atoms with van der Waals surface area (Å²) in [5, 5.41) is 12.6. The Kier molecular flexibility index (Phi) is 5.36. The summed E-state index contributed by atoms with van der Waals surface area (Å²) in [6.45, 7) is 0.150. The Morgan fingerprint density at radius 1 is 1.33 bits per heavy atom. The summed E-state index contributed by atoms with van der Waals surface area (Å²) in [6, 6.07) is 6.12. The summed E-state index contributed by atoms with van der Waals surface area (Å²) >= 11 is 6.17. The van der Waals surface area contributed by atoms with Crippen molar-refractivity contribution in [1.82, 2.24) is 4.98 Å². The first-order chi connectivity index (χ1) is 12.9. The molecule has 0 saturated carbocycles. The number of pyridine rings is 1. The minimum absolute atomic E-state index is 0.0201. The summed E-state index contributed by atoms with van der Waals surface area (Å²) in [6.07, 6.45) is 1.47. The molecule has 1 atom stereocenters. The summed E-state index contributed by atoms with van der Waals surface area (Å²) in [7, 11) is 2.95. The van der Waals surface area contributed by atoms with Crippen LogP contribution in [0.25, 0.3) is 0 Å².